The fourth-order valence-corrected chi connectivity index (χ4v) is 2.90. The number of hydrogen-bond acceptors (Lipinski definition) is 1. The highest BCUT2D eigenvalue weighted by molar-refractivity contribution is 14.1. The summed E-state index contributed by atoms with van der Waals surface area (Å²) in [5, 5.41) is 3.51. The number of nitrogens with one attached hydrogen (secondary N) is 1. The average Bonchev–Trinajstić information content (AvgIpc) is 2.33. The molecule has 0 atom stereocenters. The molecule has 0 unspecified atom stereocenters. The molecule has 2 aromatic carbocycles. The monoisotopic (exact) mass is 435 g/mol. The lowest BCUT2D eigenvalue weighted by atomic mass is 10.2. The first-order valence-corrected chi connectivity index (χ1v) is 7.34. The van der Waals surface area contributed by atoms with Gasteiger partial charge >= 0.3 is 0 Å². The largest absolute Gasteiger partial charge is 0.321 e. The highest BCUT2D eigenvalue weighted by Crippen LogP contribution is 2.24. The molecule has 0 heterocycles. The normalized spacial score (nSPS) is 10.2. The van der Waals surface area contributed by atoms with Crippen LogP contribution in [0.4, 0.5) is 5.69 Å². The van der Waals surface area contributed by atoms with Crippen molar-refractivity contribution in [3.8, 4) is 0 Å². The molecule has 1 amide bonds. The van der Waals surface area contributed by atoms with Gasteiger partial charge in [0.25, 0.3) is 5.91 Å². The molecule has 18 heavy (non-hydrogen) atoms. The molecule has 0 bridgehead atoms. The molecule has 0 radical (unpaired) electrons. The summed E-state index contributed by atoms with van der Waals surface area (Å²) >= 11 is 11.4. The minimum Gasteiger partial charge on any atom is -0.321 e. The first-order valence-electron chi connectivity index (χ1n) is 5.09. The zero-order chi connectivity index (χ0) is 13.1. The minimum atomic E-state index is -0.150. The Morgan fingerprint density at radius 2 is 1.94 bits per heavy atom. The van der Waals surface area contributed by atoms with Crippen LogP contribution >= 0.6 is 50.1 Å². The Hall–Kier alpha value is -0.590. The summed E-state index contributed by atoms with van der Waals surface area (Å²) in [6.07, 6.45) is 0. The fourth-order valence-electron chi connectivity index (χ4n) is 1.43. The van der Waals surface area contributed by atoms with Crippen LogP contribution in [-0.2, 0) is 0 Å². The lowest BCUT2D eigenvalue weighted by molar-refractivity contribution is 0.102. The molecule has 0 fully saturated rings. The van der Waals surface area contributed by atoms with Gasteiger partial charge in [0.05, 0.1) is 11.3 Å². The Balaban J connectivity index is 2.24. The van der Waals surface area contributed by atoms with Crippen molar-refractivity contribution in [2.24, 2.45) is 0 Å². The number of anilines is 1. The number of carbonyl (C=O) groups excluding carboxylic acids is 1. The lowest BCUT2D eigenvalue weighted by Gasteiger charge is -2.08. The molecule has 0 saturated heterocycles. The van der Waals surface area contributed by atoms with Crippen LogP contribution in [-0.4, -0.2) is 5.91 Å². The standard InChI is InChI=1S/C13H8BrClINO/c14-10-4-2-1-3-9(10)13(18)17-12-6-5-8(15)7-11(12)16/h1-7H,(H,17,18). The molecule has 1 N–H and O–H groups in total. The summed E-state index contributed by atoms with van der Waals surface area (Å²) in [7, 11) is 0. The Kier molecular flexibility index (Phi) is 4.64. The first kappa shape index (κ1) is 13.8. The SMILES string of the molecule is O=C(Nc1ccc(Cl)cc1I)c1ccccc1Br. The Morgan fingerprint density at radius 1 is 1.22 bits per heavy atom. The summed E-state index contributed by atoms with van der Waals surface area (Å²) in [5.41, 5.74) is 1.35. The molecule has 0 aliphatic carbocycles. The van der Waals surface area contributed by atoms with Crippen molar-refractivity contribution in [1.29, 1.82) is 0 Å². The van der Waals surface area contributed by atoms with E-state index in [0.29, 0.717) is 10.6 Å². The zero-order valence-electron chi connectivity index (χ0n) is 9.08. The maximum absolute atomic E-state index is 12.1. The molecule has 0 saturated carbocycles. The van der Waals surface area contributed by atoms with Gasteiger partial charge in [-0.25, -0.2) is 0 Å². The molecule has 0 spiro atoms. The molecule has 2 aromatic rings. The number of rotatable bonds is 2. The van der Waals surface area contributed by atoms with Crippen LogP contribution < -0.4 is 5.32 Å². The third-order valence-corrected chi connectivity index (χ3v) is 4.12. The molecule has 0 aliphatic rings. The van der Waals surface area contributed by atoms with Crippen LogP contribution in [0.2, 0.25) is 5.02 Å². The summed E-state index contributed by atoms with van der Waals surface area (Å²) in [6, 6.07) is 12.6. The van der Waals surface area contributed by atoms with Gasteiger partial charge in [-0.15, -0.1) is 0 Å². The molecule has 2 nitrogen and oxygen atoms in total. The third kappa shape index (κ3) is 3.24. The fraction of sp³-hybridized carbons (Fsp3) is 0. The van der Waals surface area contributed by atoms with Crippen LogP contribution in [0.1, 0.15) is 10.4 Å². The quantitative estimate of drug-likeness (QED) is 0.663. The van der Waals surface area contributed by atoms with E-state index in [1.165, 1.54) is 0 Å². The topological polar surface area (TPSA) is 29.1 Å². The molecule has 92 valence electrons. The van der Waals surface area contributed by atoms with Crippen molar-refractivity contribution in [3.63, 3.8) is 0 Å². The summed E-state index contributed by atoms with van der Waals surface area (Å²) in [6.45, 7) is 0. The van der Waals surface area contributed by atoms with Gasteiger partial charge in [-0.1, -0.05) is 23.7 Å². The number of carbonyl (C=O) groups is 1. The van der Waals surface area contributed by atoms with E-state index < -0.39 is 0 Å². The number of amides is 1. The Labute approximate surface area is 132 Å². The van der Waals surface area contributed by atoms with Crippen LogP contribution in [0, 0.1) is 3.57 Å². The first-order chi connectivity index (χ1) is 8.58. The van der Waals surface area contributed by atoms with Gasteiger partial charge in [-0.3, -0.25) is 4.79 Å². The second-order valence-corrected chi connectivity index (χ2v) is 6.01. The van der Waals surface area contributed by atoms with Crippen molar-refractivity contribution in [2.45, 2.75) is 0 Å². The van der Waals surface area contributed by atoms with E-state index in [9.17, 15) is 4.79 Å². The maximum Gasteiger partial charge on any atom is 0.256 e. The van der Waals surface area contributed by atoms with Crippen molar-refractivity contribution in [2.75, 3.05) is 5.32 Å². The van der Waals surface area contributed by atoms with E-state index in [-0.39, 0.29) is 5.91 Å². The smallest absolute Gasteiger partial charge is 0.256 e. The van der Waals surface area contributed by atoms with E-state index in [0.717, 1.165) is 13.7 Å². The van der Waals surface area contributed by atoms with Gasteiger partial charge < -0.3 is 5.32 Å². The van der Waals surface area contributed by atoms with E-state index in [1.807, 2.05) is 18.2 Å². The molecule has 2 rings (SSSR count). The Bertz CT molecular complexity index is 603. The lowest BCUT2D eigenvalue weighted by Crippen LogP contribution is -2.13. The molecule has 0 aromatic heterocycles. The summed E-state index contributed by atoms with van der Waals surface area (Å²) in [4.78, 5) is 12.1. The average molecular weight is 436 g/mol. The van der Waals surface area contributed by atoms with Crippen molar-refractivity contribution >= 4 is 61.7 Å². The van der Waals surface area contributed by atoms with Crippen molar-refractivity contribution in [1.82, 2.24) is 0 Å². The molecular weight excluding hydrogens is 428 g/mol. The molecule has 0 aliphatic heterocycles. The van der Waals surface area contributed by atoms with Crippen molar-refractivity contribution < 1.29 is 4.79 Å². The second-order valence-electron chi connectivity index (χ2n) is 3.56. The Morgan fingerprint density at radius 3 is 2.61 bits per heavy atom. The van der Waals surface area contributed by atoms with Crippen LogP contribution in [0.25, 0.3) is 0 Å². The maximum atomic E-state index is 12.1. The second kappa shape index (κ2) is 6.04. The van der Waals surface area contributed by atoms with Gasteiger partial charge in [0, 0.05) is 13.1 Å². The summed E-state index contributed by atoms with van der Waals surface area (Å²) in [5.74, 6) is -0.150. The predicted molar refractivity (Wildman–Crippen MR) is 86.3 cm³/mol. The van der Waals surface area contributed by atoms with Gasteiger partial charge in [0.2, 0.25) is 0 Å². The molecular formula is C13H8BrClINO. The highest BCUT2D eigenvalue weighted by atomic mass is 127. The predicted octanol–water partition coefficient (Wildman–Crippen LogP) is 4.96. The van der Waals surface area contributed by atoms with Crippen molar-refractivity contribution in [3.05, 3.63) is 61.1 Å². The van der Waals surface area contributed by atoms with Gasteiger partial charge in [-0.2, -0.15) is 0 Å². The van der Waals surface area contributed by atoms with E-state index >= 15 is 0 Å². The van der Waals surface area contributed by atoms with E-state index in [2.05, 4.69) is 43.8 Å². The molecule has 5 heteroatoms. The van der Waals surface area contributed by atoms with Gasteiger partial charge in [0.1, 0.15) is 0 Å². The van der Waals surface area contributed by atoms with Crippen LogP contribution in [0.15, 0.2) is 46.9 Å². The minimum absolute atomic E-state index is 0.150. The van der Waals surface area contributed by atoms with E-state index in [1.54, 1.807) is 24.3 Å². The number of benzene rings is 2. The number of halogens is 3. The van der Waals surface area contributed by atoms with Crippen LogP contribution in [0.5, 0.6) is 0 Å². The van der Waals surface area contributed by atoms with E-state index in [4.69, 9.17) is 11.6 Å². The highest BCUT2D eigenvalue weighted by Gasteiger charge is 2.11. The van der Waals surface area contributed by atoms with Gasteiger partial charge in [0.15, 0.2) is 0 Å². The van der Waals surface area contributed by atoms with Gasteiger partial charge in [-0.05, 0) is 68.9 Å². The summed E-state index contributed by atoms with van der Waals surface area (Å²) < 4.78 is 1.67. The zero-order valence-corrected chi connectivity index (χ0v) is 13.6. The third-order valence-electron chi connectivity index (χ3n) is 2.30. The number of hydrogen-bond donors (Lipinski definition) is 1. The van der Waals surface area contributed by atoms with Crippen LogP contribution in [0.3, 0.4) is 0 Å².